The Labute approximate surface area is 389 Å². The number of H-pyrrole nitrogens is 2. The number of amides is 4. The number of nitrogens with zero attached hydrogens (tertiary/aromatic N) is 5. The molecule has 0 fully saturated rings. The van der Waals surface area contributed by atoms with E-state index < -0.39 is 23.2 Å². The fourth-order valence-electron chi connectivity index (χ4n) is 6.15. The quantitative estimate of drug-likeness (QED) is 0.0273. The third-order valence-corrected chi connectivity index (χ3v) is 9.54. The molecule has 67 heavy (non-hydrogen) atoms. The standard InChI is InChI=1S/C45H65N11O11/c1-61-24-26-66-30-28-64-22-6-4-8-36-32-40(57)50-42(48-36)52-44(59)46-18-20-56(38-14-10-34(11-15-38)54-55-35-12-16-39(63-3)17-13-35)21-19-47-45(60)53-43-49-37(33-41(58)51-43)9-5-7-23-65-29-31-67-27-25-62-2/h10-17,32-33H,4-9,18-31H2,1-3H3,(H3,46,48,50,52,57,59)(H3,47,49,51,53,58,60)/b55-54+. The van der Waals surface area contributed by atoms with Crippen LogP contribution in [-0.4, -0.2) is 146 Å². The van der Waals surface area contributed by atoms with Crippen molar-refractivity contribution >= 4 is 41.0 Å². The van der Waals surface area contributed by atoms with E-state index in [-0.39, 0.29) is 25.0 Å². The predicted octanol–water partition coefficient (Wildman–Crippen LogP) is 4.73. The predicted molar refractivity (Wildman–Crippen MR) is 252 cm³/mol. The van der Waals surface area contributed by atoms with Crippen LogP contribution in [-0.2, 0) is 41.3 Å². The van der Waals surface area contributed by atoms with Crippen LogP contribution in [0.4, 0.5) is 38.5 Å². The number of hydrogen-bond donors (Lipinski definition) is 6. The van der Waals surface area contributed by atoms with E-state index >= 15 is 0 Å². The van der Waals surface area contributed by atoms with Crippen molar-refractivity contribution in [1.82, 2.24) is 30.6 Å². The Balaban J connectivity index is 1.27. The molecule has 0 radical (unpaired) electrons. The number of methoxy groups -OCH3 is 3. The molecule has 2 aromatic heterocycles. The molecule has 0 aliphatic carbocycles. The van der Waals surface area contributed by atoms with E-state index in [1.807, 2.05) is 17.0 Å². The molecule has 0 atom stereocenters. The zero-order chi connectivity index (χ0) is 47.7. The fourth-order valence-corrected chi connectivity index (χ4v) is 6.15. The van der Waals surface area contributed by atoms with Crippen molar-refractivity contribution in [2.75, 3.05) is 129 Å². The summed E-state index contributed by atoms with van der Waals surface area (Å²) in [5.74, 6) is 0.766. The van der Waals surface area contributed by atoms with Crippen LogP contribution in [0.2, 0.25) is 0 Å². The van der Waals surface area contributed by atoms with Gasteiger partial charge in [-0.3, -0.25) is 20.2 Å². The van der Waals surface area contributed by atoms with Gasteiger partial charge >= 0.3 is 12.1 Å². The number of carbonyl (C=O) groups excluding carboxylic acids is 2. The Morgan fingerprint density at radius 1 is 0.567 bits per heavy atom. The van der Waals surface area contributed by atoms with Crippen LogP contribution < -0.4 is 42.0 Å². The summed E-state index contributed by atoms with van der Waals surface area (Å²) in [7, 11) is 4.83. The number of urea groups is 2. The molecule has 0 saturated carbocycles. The first kappa shape index (κ1) is 53.3. The lowest BCUT2D eigenvalue weighted by atomic mass is 10.2. The summed E-state index contributed by atoms with van der Waals surface area (Å²) in [4.78, 5) is 66.4. The molecule has 0 spiro atoms. The number of hydrogen-bond acceptors (Lipinski definition) is 16. The largest absolute Gasteiger partial charge is 0.497 e. The van der Waals surface area contributed by atoms with E-state index in [0.29, 0.717) is 121 Å². The van der Waals surface area contributed by atoms with Crippen LogP contribution >= 0.6 is 0 Å². The van der Waals surface area contributed by atoms with Crippen molar-refractivity contribution in [3.8, 4) is 5.75 Å². The van der Waals surface area contributed by atoms with Crippen molar-refractivity contribution in [3.63, 3.8) is 0 Å². The van der Waals surface area contributed by atoms with Gasteiger partial charge in [-0.1, -0.05) is 0 Å². The molecule has 0 aliphatic rings. The van der Waals surface area contributed by atoms with Gasteiger partial charge in [0, 0.05) is 82.8 Å². The summed E-state index contributed by atoms with van der Waals surface area (Å²) in [5.41, 5.74) is 2.37. The van der Waals surface area contributed by atoms with Gasteiger partial charge < -0.3 is 58.7 Å². The molecule has 4 rings (SSSR count). The SMILES string of the molecule is COCCOCCOCCCCc1cc(=O)nc(NC(=O)NCCN(CCNC(=O)Nc2nc(=O)cc(CCCCOCCOCCOC)[nH]2)c2ccc(/N=N/c3ccc(OC)cc3)cc2)[nH]1. The maximum absolute atomic E-state index is 13.0. The zero-order valence-corrected chi connectivity index (χ0v) is 38.6. The number of benzene rings is 2. The summed E-state index contributed by atoms with van der Waals surface area (Å²) in [6, 6.07) is 16.2. The molecule has 4 amide bonds. The van der Waals surface area contributed by atoms with Gasteiger partial charge in [0.25, 0.3) is 11.1 Å². The van der Waals surface area contributed by atoms with E-state index in [4.69, 9.17) is 33.2 Å². The second-order valence-corrected chi connectivity index (χ2v) is 14.7. The number of aromatic nitrogens is 4. The second kappa shape index (κ2) is 32.4. The number of azo groups is 1. The molecule has 22 heteroatoms. The number of ether oxygens (including phenoxy) is 7. The third-order valence-electron chi connectivity index (χ3n) is 9.54. The first-order chi connectivity index (χ1) is 32.7. The summed E-state index contributed by atoms with van der Waals surface area (Å²) >= 11 is 0. The van der Waals surface area contributed by atoms with Crippen LogP contribution in [0.25, 0.3) is 0 Å². The molecule has 2 heterocycles. The summed E-state index contributed by atoms with van der Waals surface area (Å²) in [6.07, 6.45) is 4.19. The normalized spacial score (nSPS) is 11.1. The Hall–Kier alpha value is -6.30. The summed E-state index contributed by atoms with van der Waals surface area (Å²) in [6.45, 7) is 6.21. The topological polar surface area (TPSA) is 266 Å². The number of aryl methyl sites for hydroxylation is 2. The van der Waals surface area contributed by atoms with Gasteiger partial charge in [-0.2, -0.15) is 20.2 Å². The van der Waals surface area contributed by atoms with Crippen molar-refractivity contribution in [1.29, 1.82) is 0 Å². The van der Waals surface area contributed by atoms with Crippen LogP contribution in [0.1, 0.15) is 37.1 Å². The van der Waals surface area contributed by atoms with E-state index in [9.17, 15) is 19.2 Å². The van der Waals surface area contributed by atoms with Crippen LogP contribution in [0.15, 0.2) is 80.5 Å². The average Bonchev–Trinajstić information content (AvgIpc) is 3.31. The number of nitrogens with one attached hydrogen (secondary N) is 6. The third kappa shape index (κ3) is 23.1. The Kier molecular flexibility index (Phi) is 25.8. The molecule has 0 saturated heterocycles. The molecule has 366 valence electrons. The second-order valence-electron chi connectivity index (χ2n) is 14.7. The highest BCUT2D eigenvalue weighted by molar-refractivity contribution is 5.87. The molecule has 0 unspecified atom stereocenters. The Bertz CT molecular complexity index is 2060. The monoisotopic (exact) mass is 935 g/mol. The minimum Gasteiger partial charge on any atom is -0.497 e. The Morgan fingerprint density at radius 2 is 0.985 bits per heavy atom. The molecule has 0 aliphatic heterocycles. The highest BCUT2D eigenvalue weighted by Crippen LogP contribution is 2.23. The van der Waals surface area contributed by atoms with Crippen LogP contribution in [0.3, 0.4) is 0 Å². The molecule has 6 N–H and O–H groups in total. The zero-order valence-electron chi connectivity index (χ0n) is 38.6. The minimum atomic E-state index is -0.565. The fraction of sp³-hybridized carbons (Fsp3) is 0.511. The van der Waals surface area contributed by atoms with Gasteiger partial charge in [0.15, 0.2) is 0 Å². The number of aromatic amines is 2. The average molecular weight is 936 g/mol. The lowest BCUT2D eigenvalue weighted by Crippen LogP contribution is -2.41. The molecular weight excluding hydrogens is 871 g/mol. The van der Waals surface area contributed by atoms with Crippen molar-refractivity contribution < 1.29 is 42.7 Å². The van der Waals surface area contributed by atoms with Gasteiger partial charge in [0.2, 0.25) is 11.9 Å². The van der Waals surface area contributed by atoms with Gasteiger partial charge in [-0.25, -0.2) is 9.59 Å². The highest BCUT2D eigenvalue weighted by Gasteiger charge is 2.12. The van der Waals surface area contributed by atoms with Gasteiger partial charge in [-0.15, -0.1) is 0 Å². The van der Waals surface area contributed by atoms with Gasteiger partial charge in [0.05, 0.1) is 71.3 Å². The van der Waals surface area contributed by atoms with Crippen molar-refractivity contribution in [3.05, 3.63) is 92.8 Å². The number of unbranched alkanes of at least 4 members (excludes halogenated alkanes) is 2. The molecule has 2 aromatic carbocycles. The summed E-state index contributed by atoms with van der Waals surface area (Å²) in [5, 5.41) is 19.5. The minimum absolute atomic E-state index is 0.0263. The lowest BCUT2D eigenvalue weighted by Gasteiger charge is -2.25. The maximum atomic E-state index is 13.0. The first-order valence-electron chi connectivity index (χ1n) is 22.2. The van der Waals surface area contributed by atoms with E-state index in [2.05, 4.69) is 51.4 Å². The molecule has 22 nitrogen and oxygen atoms in total. The van der Waals surface area contributed by atoms with Gasteiger partial charge in [-0.05, 0) is 87.1 Å². The number of carbonyl (C=O) groups is 2. The molecule has 4 aromatic rings. The molecular formula is C45H65N11O11. The Morgan fingerprint density at radius 3 is 1.42 bits per heavy atom. The molecule has 0 bridgehead atoms. The van der Waals surface area contributed by atoms with E-state index in [0.717, 1.165) is 31.4 Å². The first-order valence-corrected chi connectivity index (χ1v) is 22.2. The van der Waals surface area contributed by atoms with Crippen LogP contribution in [0.5, 0.6) is 5.75 Å². The van der Waals surface area contributed by atoms with Crippen LogP contribution in [0, 0.1) is 0 Å². The van der Waals surface area contributed by atoms with Crippen molar-refractivity contribution in [2.24, 2.45) is 10.2 Å². The number of rotatable bonds is 34. The van der Waals surface area contributed by atoms with Gasteiger partial charge in [0.1, 0.15) is 5.75 Å². The maximum Gasteiger partial charge on any atom is 0.321 e. The van der Waals surface area contributed by atoms with E-state index in [1.54, 1.807) is 57.7 Å². The highest BCUT2D eigenvalue weighted by atomic mass is 16.5. The smallest absolute Gasteiger partial charge is 0.321 e. The lowest BCUT2D eigenvalue weighted by molar-refractivity contribution is 0.0240. The summed E-state index contributed by atoms with van der Waals surface area (Å²) < 4.78 is 37.0. The van der Waals surface area contributed by atoms with E-state index in [1.165, 1.54) is 12.1 Å². The number of anilines is 3. The van der Waals surface area contributed by atoms with Crippen molar-refractivity contribution in [2.45, 2.75) is 38.5 Å².